The molecule has 6 nitrogen and oxygen atoms in total. The molecule has 2 saturated heterocycles. The number of alkyl halides is 3. The maximum atomic E-state index is 12.6. The Hall–Kier alpha value is -2.58. The third-order valence-electron chi connectivity index (χ3n) is 4.78. The van der Waals surface area contributed by atoms with Crippen LogP contribution in [0.25, 0.3) is 0 Å². The number of hydrogen-bond acceptors (Lipinski definition) is 4. The molecule has 2 unspecified atom stereocenters. The van der Waals surface area contributed by atoms with Crippen molar-refractivity contribution in [1.82, 2.24) is 14.8 Å². The van der Waals surface area contributed by atoms with Crippen molar-refractivity contribution in [3.8, 4) is 5.88 Å². The van der Waals surface area contributed by atoms with Crippen LogP contribution < -0.4 is 4.74 Å². The molecule has 140 valence electrons. The maximum Gasteiger partial charge on any atom is 0.574 e. The van der Waals surface area contributed by atoms with Gasteiger partial charge in [-0.25, -0.2) is 4.98 Å². The first kappa shape index (κ1) is 18.2. The summed E-state index contributed by atoms with van der Waals surface area (Å²) >= 11 is 0. The summed E-state index contributed by atoms with van der Waals surface area (Å²) in [7, 11) is 0. The second-order valence-corrected chi connectivity index (χ2v) is 6.44. The molecule has 0 spiro atoms. The minimum atomic E-state index is -4.86. The van der Waals surface area contributed by atoms with Crippen LogP contribution in [0.1, 0.15) is 16.8 Å². The van der Waals surface area contributed by atoms with Gasteiger partial charge in [-0.05, 0) is 30.4 Å². The molecule has 2 amide bonds. The zero-order valence-corrected chi connectivity index (χ0v) is 13.9. The summed E-state index contributed by atoms with van der Waals surface area (Å²) in [6.45, 7) is 5.64. The van der Waals surface area contributed by atoms with Crippen molar-refractivity contribution in [2.24, 2.45) is 11.8 Å². The van der Waals surface area contributed by atoms with Crippen LogP contribution in [-0.4, -0.2) is 59.1 Å². The molecule has 0 bridgehead atoms. The summed E-state index contributed by atoms with van der Waals surface area (Å²) in [4.78, 5) is 31.2. The van der Waals surface area contributed by atoms with Crippen LogP contribution in [0.4, 0.5) is 13.2 Å². The van der Waals surface area contributed by atoms with Crippen molar-refractivity contribution in [1.29, 1.82) is 0 Å². The fourth-order valence-corrected chi connectivity index (χ4v) is 3.56. The van der Waals surface area contributed by atoms with E-state index in [9.17, 15) is 22.8 Å². The topological polar surface area (TPSA) is 62.7 Å². The Morgan fingerprint density at radius 2 is 1.92 bits per heavy atom. The lowest BCUT2D eigenvalue weighted by atomic mass is 9.89. The fraction of sp³-hybridized carbons (Fsp3) is 0.471. The number of amides is 2. The molecule has 3 rings (SSSR count). The van der Waals surface area contributed by atoms with E-state index in [1.807, 2.05) is 0 Å². The second-order valence-electron chi connectivity index (χ2n) is 6.44. The number of ether oxygens (including phenoxy) is 1. The van der Waals surface area contributed by atoms with Gasteiger partial charge in [0.15, 0.2) is 0 Å². The highest BCUT2D eigenvalue weighted by Crippen LogP contribution is 2.32. The molecule has 1 aromatic rings. The van der Waals surface area contributed by atoms with Crippen LogP contribution in [-0.2, 0) is 4.79 Å². The average Bonchev–Trinajstić information content (AvgIpc) is 3.02. The molecule has 26 heavy (non-hydrogen) atoms. The van der Waals surface area contributed by atoms with Gasteiger partial charge in [0, 0.05) is 44.0 Å². The summed E-state index contributed by atoms with van der Waals surface area (Å²) in [5.41, 5.74) is 0.0944. The van der Waals surface area contributed by atoms with Gasteiger partial charge in [0.1, 0.15) is 0 Å². The molecule has 0 aromatic carbocycles. The lowest BCUT2D eigenvalue weighted by Gasteiger charge is -2.33. The smallest absolute Gasteiger partial charge is 0.388 e. The standard InChI is InChI=1S/C17H18F3N3O3/c1-2-15(24)22-6-4-12-8-23(10-13(12)9-22)16(25)11-3-5-21-14(7-11)26-17(18,19)20/h2-3,5,7,12-13H,1,4,6,8-10H2. The van der Waals surface area contributed by atoms with Crippen LogP contribution in [0.3, 0.4) is 0 Å². The number of nitrogens with zero attached hydrogens (tertiary/aromatic N) is 3. The number of likely N-dealkylation sites (tertiary alicyclic amines) is 2. The van der Waals surface area contributed by atoms with E-state index in [0.717, 1.165) is 18.7 Å². The lowest BCUT2D eigenvalue weighted by Crippen LogP contribution is -2.42. The Morgan fingerprint density at radius 1 is 1.23 bits per heavy atom. The molecule has 2 fully saturated rings. The van der Waals surface area contributed by atoms with Gasteiger partial charge in [-0.2, -0.15) is 0 Å². The highest BCUT2D eigenvalue weighted by atomic mass is 19.4. The van der Waals surface area contributed by atoms with E-state index in [0.29, 0.717) is 26.2 Å². The number of carbonyl (C=O) groups excluding carboxylic acids is 2. The maximum absolute atomic E-state index is 12.6. The van der Waals surface area contributed by atoms with Crippen LogP contribution in [0.5, 0.6) is 5.88 Å². The largest absolute Gasteiger partial charge is 0.574 e. The predicted octanol–water partition coefficient (Wildman–Crippen LogP) is 2.09. The van der Waals surface area contributed by atoms with E-state index in [-0.39, 0.29) is 29.2 Å². The SMILES string of the molecule is C=CC(=O)N1CCC2CN(C(=O)c3ccnc(OC(F)(F)F)c3)CC2C1. The molecule has 0 radical (unpaired) electrons. The summed E-state index contributed by atoms with van der Waals surface area (Å²) in [5.74, 6) is -0.723. The molecular formula is C17H18F3N3O3. The zero-order chi connectivity index (χ0) is 18.9. The lowest BCUT2D eigenvalue weighted by molar-refractivity contribution is -0.276. The Kier molecular flexibility index (Phi) is 4.88. The Labute approximate surface area is 148 Å². The molecule has 2 atom stereocenters. The number of piperidine rings is 1. The molecule has 2 aliphatic heterocycles. The van der Waals surface area contributed by atoms with Crippen molar-refractivity contribution < 1.29 is 27.5 Å². The molecular weight excluding hydrogens is 351 g/mol. The summed E-state index contributed by atoms with van der Waals surface area (Å²) in [6, 6.07) is 2.35. The van der Waals surface area contributed by atoms with E-state index >= 15 is 0 Å². The van der Waals surface area contributed by atoms with E-state index in [1.165, 1.54) is 12.1 Å². The number of pyridine rings is 1. The van der Waals surface area contributed by atoms with Crippen molar-refractivity contribution in [3.63, 3.8) is 0 Å². The first-order valence-electron chi connectivity index (χ1n) is 8.19. The van der Waals surface area contributed by atoms with Crippen molar-refractivity contribution in [2.45, 2.75) is 12.8 Å². The highest BCUT2D eigenvalue weighted by Gasteiger charge is 2.40. The van der Waals surface area contributed by atoms with Crippen LogP contribution in [0.15, 0.2) is 31.0 Å². The number of carbonyl (C=O) groups is 2. The van der Waals surface area contributed by atoms with Gasteiger partial charge in [0.25, 0.3) is 5.91 Å². The number of rotatable bonds is 3. The quantitative estimate of drug-likeness (QED) is 0.766. The fourth-order valence-electron chi connectivity index (χ4n) is 3.56. The van der Waals surface area contributed by atoms with Gasteiger partial charge < -0.3 is 14.5 Å². The van der Waals surface area contributed by atoms with Crippen molar-refractivity contribution in [3.05, 3.63) is 36.5 Å². The van der Waals surface area contributed by atoms with E-state index in [1.54, 1.807) is 9.80 Å². The zero-order valence-electron chi connectivity index (χ0n) is 13.9. The molecule has 2 aliphatic rings. The second kappa shape index (κ2) is 6.97. The number of aromatic nitrogens is 1. The molecule has 3 heterocycles. The van der Waals surface area contributed by atoms with Crippen LogP contribution in [0.2, 0.25) is 0 Å². The molecule has 0 N–H and O–H groups in total. The van der Waals surface area contributed by atoms with Gasteiger partial charge in [-0.15, -0.1) is 13.2 Å². The van der Waals surface area contributed by atoms with Crippen molar-refractivity contribution in [2.75, 3.05) is 26.2 Å². The first-order chi connectivity index (χ1) is 12.3. The molecule has 0 saturated carbocycles. The minimum Gasteiger partial charge on any atom is -0.388 e. The molecule has 0 aliphatic carbocycles. The van der Waals surface area contributed by atoms with Gasteiger partial charge >= 0.3 is 6.36 Å². The van der Waals surface area contributed by atoms with Crippen LogP contribution in [0, 0.1) is 11.8 Å². The Morgan fingerprint density at radius 3 is 2.62 bits per heavy atom. The number of halogens is 3. The van der Waals surface area contributed by atoms with Gasteiger partial charge in [-0.1, -0.05) is 6.58 Å². The van der Waals surface area contributed by atoms with Gasteiger partial charge in [-0.3, -0.25) is 9.59 Å². The third-order valence-corrected chi connectivity index (χ3v) is 4.78. The van der Waals surface area contributed by atoms with Crippen molar-refractivity contribution >= 4 is 11.8 Å². The normalized spacial score (nSPS) is 22.7. The molecule has 1 aromatic heterocycles. The van der Waals surface area contributed by atoms with E-state index in [4.69, 9.17) is 0 Å². The Balaban J connectivity index is 1.67. The summed E-state index contributed by atoms with van der Waals surface area (Å²) < 4.78 is 40.7. The van der Waals surface area contributed by atoms with Crippen LogP contribution >= 0.6 is 0 Å². The number of fused-ring (bicyclic) bond motifs is 1. The van der Waals surface area contributed by atoms with E-state index in [2.05, 4.69) is 16.3 Å². The summed E-state index contributed by atoms with van der Waals surface area (Å²) in [6.07, 6.45) is -1.69. The van der Waals surface area contributed by atoms with Gasteiger partial charge in [0.05, 0.1) is 0 Å². The summed E-state index contributed by atoms with van der Waals surface area (Å²) in [5, 5.41) is 0. The monoisotopic (exact) mass is 369 g/mol. The van der Waals surface area contributed by atoms with Gasteiger partial charge in [0.2, 0.25) is 11.8 Å². The predicted molar refractivity (Wildman–Crippen MR) is 85.2 cm³/mol. The minimum absolute atomic E-state index is 0.0944. The third kappa shape index (κ3) is 3.97. The highest BCUT2D eigenvalue weighted by molar-refractivity contribution is 5.94. The molecule has 9 heteroatoms. The first-order valence-corrected chi connectivity index (χ1v) is 8.19. The van der Waals surface area contributed by atoms with E-state index < -0.39 is 12.2 Å². The average molecular weight is 369 g/mol. The number of hydrogen-bond donors (Lipinski definition) is 0. The Bertz CT molecular complexity index is 723.